The number of hydrogen-bond acceptors (Lipinski definition) is 5. The molecule has 1 fully saturated rings. The van der Waals surface area contributed by atoms with E-state index in [9.17, 15) is 4.79 Å². The third kappa shape index (κ3) is 6.34. The van der Waals surface area contributed by atoms with E-state index in [4.69, 9.17) is 19.9 Å². The van der Waals surface area contributed by atoms with Crippen LogP contribution in [0.3, 0.4) is 0 Å². The lowest BCUT2D eigenvalue weighted by atomic mass is 9.71. The summed E-state index contributed by atoms with van der Waals surface area (Å²) in [6.45, 7) is 1.47. The molecule has 7 heteroatoms. The van der Waals surface area contributed by atoms with Crippen LogP contribution in [0, 0.1) is 5.41 Å². The van der Waals surface area contributed by atoms with Gasteiger partial charge >= 0.3 is 0 Å². The van der Waals surface area contributed by atoms with Crippen LogP contribution in [0.2, 0.25) is 0 Å². The number of hydrogen-bond donors (Lipinski definition) is 2. The summed E-state index contributed by atoms with van der Waals surface area (Å²) in [6.07, 6.45) is 6.09. The first-order valence-electron chi connectivity index (χ1n) is 8.92. The number of nitrogens with one attached hydrogen (secondary N) is 1. The van der Waals surface area contributed by atoms with Gasteiger partial charge in [-0.05, 0) is 36.9 Å². The van der Waals surface area contributed by atoms with E-state index >= 15 is 0 Å². The van der Waals surface area contributed by atoms with Gasteiger partial charge in [-0.25, -0.2) is 0 Å². The average Bonchev–Trinajstić information content (AvgIpc) is 2.63. The van der Waals surface area contributed by atoms with Gasteiger partial charge in [0.1, 0.15) is 6.61 Å². The van der Waals surface area contributed by atoms with Gasteiger partial charge in [-0.3, -0.25) is 4.79 Å². The highest BCUT2D eigenvalue weighted by Crippen LogP contribution is 2.38. The largest absolute Gasteiger partial charge is 0.493 e. The molecule has 0 bridgehead atoms. The molecule has 1 aliphatic carbocycles. The zero-order valence-corrected chi connectivity index (χ0v) is 16.5. The van der Waals surface area contributed by atoms with Crippen molar-refractivity contribution in [3.63, 3.8) is 0 Å². The van der Waals surface area contributed by atoms with Crippen LogP contribution in [-0.4, -0.2) is 39.9 Å². The van der Waals surface area contributed by atoms with Gasteiger partial charge in [0.25, 0.3) is 0 Å². The molecule has 2 rings (SSSR count). The first-order chi connectivity index (χ1) is 12.1. The van der Waals surface area contributed by atoms with E-state index in [1.807, 2.05) is 6.07 Å². The summed E-state index contributed by atoms with van der Waals surface area (Å²) in [5.41, 5.74) is 6.63. The lowest BCUT2D eigenvalue weighted by molar-refractivity contribution is -0.118. The molecule has 1 saturated carbocycles. The van der Waals surface area contributed by atoms with Crippen molar-refractivity contribution >= 4 is 24.0 Å². The topological polar surface area (TPSA) is 82.8 Å². The molecule has 0 spiro atoms. The summed E-state index contributed by atoms with van der Waals surface area (Å²) in [4.78, 5) is 12.5. The van der Waals surface area contributed by atoms with Crippen molar-refractivity contribution in [2.45, 2.75) is 38.5 Å². The highest BCUT2D eigenvalue weighted by molar-refractivity contribution is 5.91. The molecule has 1 amide bonds. The number of ether oxygens (including phenoxy) is 3. The molecular formula is C19H31ClN2O4. The summed E-state index contributed by atoms with van der Waals surface area (Å²) in [7, 11) is 3.21. The number of methoxy groups -OCH3 is 2. The molecule has 1 aromatic rings. The quantitative estimate of drug-likeness (QED) is 0.635. The summed E-state index contributed by atoms with van der Waals surface area (Å²) in [5, 5.41) is 2.97. The van der Waals surface area contributed by atoms with Crippen molar-refractivity contribution in [3.8, 4) is 11.5 Å². The molecule has 0 heterocycles. The Bertz CT molecular complexity index is 562. The molecule has 0 aromatic heterocycles. The van der Waals surface area contributed by atoms with Crippen LogP contribution >= 0.6 is 12.4 Å². The van der Waals surface area contributed by atoms with Gasteiger partial charge in [0.2, 0.25) is 5.91 Å². The van der Waals surface area contributed by atoms with Crippen LogP contribution in [0.25, 0.3) is 0 Å². The minimum Gasteiger partial charge on any atom is -0.493 e. The maximum absolute atomic E-state index is 12.5. The first-order valence-corrected chi connectivity index (χ1v) is 8.92. The summed E-state index contributed by atoms with van der Waals surface area (Å²) < 4.78 is 15.9. The molecule has 148 valence electrons. The molecular weight excluding hydrogens is 356 g/mol. The second-order valence-corrected chi connectivity index (χ2v) is 6.70. The van der Waals surface area contributed by atoms with Crippen LogP contribution in [0.15, 0.2) is 18.2 Å². The first kappa shape index (κ1) is 22.5. The fourth-order valence-corrected chi connectivity index (χ4v) is 3.40. The Morgan fingerprint density at radius 1 is 1.15 bits per heavy atom. The number of amides is 1. The predicted molar refractivity (Wildman–Crippen MR) is 105 cm³/mol. The van der Waals surface area contributed by atoms with Crippen molar-refractivity contribution < 1.29 is 19.0 Å². The van der Waals surface area contributed by atoms with E-state index in [-0.39, 0.29) is 23.7 Å². The van der Waals surface area contributed by atoms with Gasteiger partial charge in [0.05, 0.1) is 13.7 Å². The maximum atomic E-state index is 12.5. The number of carbonyl (C=O) groups excluding carboxylic acids is 1. The molecule has 0 unspecified atom stereocenters. The normalized spacial score (nSPS) is 15.7. The Labute approximate surface area is 162 Å². The number of rotatable bonds is 9. The van der Waals surface area contributed by atoms with E-state index in [0.717, 1.165) is 25.7 Å². The fourth-order valence-electron chi connectivity index (χ4n) is 3.40. The molecule has 3 N–H and O–H groups in total. The average molecular weight is 387 g/mol. The fraction of sp³-hybridized carbons (Fsp3) is 0.632. The highest BCUT2D eigenvalue weighted by Gasteiger charge is 2.33. The van der Waals surface area contributed by atoms with Crippen molar-refractivity contribution in [2.24, 2.45) is 11.1 Å². The Balaban J connectivity index is 0.00000338. The van der Waals surface area contributed by atoms with E-state index in [1.165, 1.54) is 6.42 Å². The van der Waals surface area contributed by atoms with Crippen LogP contribution < -0.4 is 20.5 Å². The molecule has 0 radical (unpaired) electrons. The number of benzene rings is 1. The lowest BCUT2D eigenvalue weighted by Gasteiger charge is -2.35. The van der Waals surface area contributed by atoms with Gasteiger partial charge in [0, 0.05) is 25.3 Å². The standard InChI is InChI=1S/C19H30N2O4.ClH/c1-23-10-11-25-17-12-15(6-7-16(17)24-2)21-18(22)13-19(14-20)8-4-3-5-9-19;/h6-7,12H,3-5,8-11,13-14,20H2,1-2H3,(H,21,22);1H. The van der Waals surface area contributed by atoms with E-state index in [0.29, 0.717) is 43.4 Å². The minimum atomic E-state index is -0.0490. The monoisotopic (exact) mass is 386 g/mol. The maximum Gasteiger partial charge on any atom is 0.224 e. The SMILES string of the molecule is COCCOc1cc(NC(=O)CC2(CN)CCCCC2)ccc1OC.Cl. The van der Waals surface area contributed by atoms with Crippen molar-refractivity contribution in [1.82, 2.24) is 0 Å². The summed E-state index contributed by atoms with van der Waals surface area (Å²) >= 11 is 0. The third-order valence-electron chi connectivity index (χ3n) is 4.88. The Morgan fingerprint density at radius 2 is 1.88 bits per heavy atom. The van der Waals surface area contributed by atoms with Gasteiger partial charge in [0.15, 0.2) is 11.5 Å². The third-order valence-corrected chi connectivity index (χ3v) is 4.88. The molecule has 1 aromatic carbocycles. The highest BCUT2D eigenvalue weighted by atomic mass is 35.5. The van der Waals surface area contributed by atoms with Gasteiger partial charge in [-0.15, -0.1) is 12.4 Å². The number of halogens is 1. The van der Waals surface area contributed by atoms with Crippen LogP contribution in [0.1, 0.15) is 38.5 Å². The van der Waals surface area contributed by atoms with Crippen LogP contribution in [0.4, 0.5) is 5.69 Å². The lowest BCUT2D eigenvalue weighted by Crippen LogP contribution is -2.36. The van der Waals surface area contributed by atoms with E-state index in [2.05, 4.69) is 5.32 Å². The molecule has 26 heavy (non-hydrogen) atoms. The van der Waals surface area contributed by atoms with Crippen molar-refractivity contribution in [2.75, 3.05) is 39.3 Å². The number of carbonyl (C=O) groups is 1. The van der Waals surface area contributed by atoms with Crippen molar-refractivity contribution in [1.29, 1.82) is 0 Å². The summed E-state index contributed by atoms with van der Waals surface area (Å²) in [5.74, 6) is 1.21. The van der Waals surface area contributed by atoms with Gasteiger partial charge in [-0.1, -0.05) is 19.3 Å². The molecule has 0 atom stereocenters. The van der Waals surface area contributed by atoms with Crippen molar-refractivity contribution in [3.05, 3.63) is 18.2 Å². The van der Waals surface area contributed by atoms with Crippen LogP contribution in [0.5, 0.6) is 11.5 Å². The predicted octanol–water partition coefficient (Wildman–Crippen LogP) is 3.38. The minimum absolute atomic E-state index is 0. The Morgan fingerprint density at radius 3 is 2.50 bits per heavy atom. The number of anilines is 1. The molecule has 6 nitrogen and oxygen atoms in total. The second-order valence-electron chi connectivity index (χ2n) is 6.70. The zero-order chi connectivity index (χ0) is 18.1. The zero-order valence-electron chi connectivity index (χ0n) is 15.7. The van der Waals surface area contributed by atoms with Crippen LogP contribution in [-0.2, 0) is 9.53 Å². The summed E-state index contributed by atoms with van der Waals surface area (Å²) in [6, 6.07) is 5.38. The second kappa shape index (κ2) is 11.3. The number of nitrogens with two attached hydrogens (primary N) is 1. The van der Waals surface area contributed by atoms with Gasteiger partial charge in [-0.2, -0.15) is 0 Å². The Hall–Kier alpha value is -1.50. The molecule has 1 aliphatic rings. The molecule has 0 saturated heterocycles. The van der Waals surface area contributed by atoms with E-state index in [1.54, 1.807) is 26.4 Å². The Kier molecular flexibility index (Phi) is 9.76. The molecule has 0 aliphatic heterocycles. The smallest absolute Gasteiger partial charge is 0.224 e. The van der Waals surface area contributed by atoms with Gasteiger partial charge < -0.3 is 25.3 Å². The van der Waals surface area contributed by atoms with E-state index < -0.39 is 0 Å².